The van der Waals surface area contributed by atoms with Gasteiger partial charge >= 0.3 is 0 Å². The van der Waals surface area contributed by atoms with Crippen LogP contribution in [0.2, 0.25) is 0 Å². The molecule has 0 radical (unpaired) electrons. The maximum Gasteiger partial charge on any atom is 0.221 e. The van der Waals surface area contributed by atoms with Crippen molar-refractivity contribution in [2.24, 2.45) is 10.2 Å². The third kappa shape index (κ3) is 5.10. The Balaban J connectivity index is 1.52. The molecule has 0 saturated carbocycles. The van der Waals surface area contributed by atoms with Gasteiger partial charge in [-0.3, -0.25) is 4.79 Å². The van der Waals surface area contributed by atoms with Crippen LogP contribution in [0.5, 0.6) is 17.2 Å². The number of hydrogen-bond acceptors (Lipinski definition) is 6. The Kier molecular flexibility index (Phi) is 6.22. The smallest absolute Gasteiger partial charge is 0.221 e. The van der Waals surface area contributed by atoms with Gasteiger partial charge < -0.3 is 20.6 Å². The second-order valence-corrected chi connectivity index (χ2v) is 7.70. The SMILES string of the molecule is CC(=O)Nc1cc(N=Nc2ccc(CCc3cc(O)ccc3O)cc2)c(O)c2ccccc12. The van der Waals surface area contributed by atoms with E-state index in [0.717, 1.165) is 5.56 Å². The maximum atomic E-state index is 11.6. The number of azo groups is 1. The number of carbonyl (C=O) groups is 1. The molecule has 4 rings (SSSR count). The number of aryl methyl sites for hydroxylation is 2. The van der Waals surface area contributed by atoms with E-state index in [1.165, 1.54) is 19.1 Å². The molecule has 0 aliphatic heterocycles. The van der Waals surface area contributed by atoms with Gasteiger partial charge in [-0.15, -0.1) is 5.11 Å². The number of phenolic OH excluding ortho intramolecular Hbond substituents is 3. The number of hydrogen-bond donors (Lipinski definition) is 4. The molecule has 1 amide bonds. The van der Waals surface area contributed by atoms with Crippen molar-refractivity contribution >= 4 is 33.7 Å². The van der Waals surface area contributed by atoms with Crippen LogP contribution in [0.3, 0.4) is 0 Å². The summed E-state index contributed by atoms with van der Waals surface area (Å²) in [7, 11) is 0. The van der Waals surface area contributed by atoms with Crippen LogP contribution in [-0.2, 0) is 17.6 Å². The van der Waals surface area contributed by atoms with Crippen molar-refractivity contribution in [2.45, 2.75) is 19.8 Å². The first kappa shape index (κ1) is 21.8. The monoisotopic (exact) mass is 441 g/mol. The number of benzene rings is 4. The Morgan fingerprint density at radius 2 is 1.58 bits per heavy atom. The van der Waals surface area contributed by atoms with E-state index in [9.17, 15) is 20.1 Å². The highest BCUT2D eigenvalue weighted by atomic mass is 16.3. The van der Waals surface area contributed by atoms with Gasteiger partial charge in [0.1, 0.15) is 17.2 Å². The van der Waals surface area contributed by atoms with Crippen LogP contribution < -0.4 is 5.32 Å². The molecule has 0 aromatic heterocycles. The topological polar surface area (TPSA) is 115 Å². The van der Waals surface area contributed by atoms with Crippen molar-refractivity contribution in [3.63, 3.8) is 0 Å². The fourth-order valence-corrected chi connectivity index (χ4v) is 3.61. The number of aromatic hydroxyl groups is 3. The van der Waals surface area contributed by atoms with Crippen LogP contribution in [0.15, 0.2) is 83.0 Å². The first-order valence-electron chi connectivity index (χ1n) is 10.4. The average molecular weight is 441 g/mol. The van der Waals surface area contributed by atoms with E-state index in [-0.39, 0.29) is 28.8 Å². The molecule has 4 aromatic carbocycles. The molecule has 0 heterocycles. The molecule has 0 bridgehead atoms. The van der Waals surface area contributed by atoms with Crippen LogP contribution in [0.25, 0.3) is 10.8 Å². The molecule has 0 atom stereocenters. The third-order valence-electron chi connectivity index (χ3n) is 5.26. The van der Waals surface area contributed by atoms with Crippen molar-refractivity contribution in [2.75, 3.05) is 5.32 Å². The largest absolute Gasteiger partial charge is 0.508 e. The quantitative estimate of drug-likeness (QED) is 0.213. The van der Waals surface area contributed by atoms with Gasteiger partial charge in [0.25, 0.3) is 0 Å². The van der Waals surface area contributed by atoms with Crippen LogP contribution in [0.4, 0.5) is 17.1 Å². The zero-order chi connectivity index (χ0) is 23.4. The molecule has 4 aromatic rings. The Morgan fingerprint density at radius 3 is 2.30 bits per heavy atom. The molecule has 0 aliphatic rings. The van der Waals surface area contributed by atoms with E-state index < -0.39 is 0 Å². The highest BCUT2D eigenvalue weighted by molar-refractivity contribution is 6.06. The van der Waals surface area contributed by atoms with Crippen LogP contribution in [0, 0.1) is 0 Å². The van der Waals surface area contributed by atoms with Crippen molar-refractivity contribution in [1.82, 2.24) is 0 Å². The lowest BCUT2D eigenvalue weighted by molar-refractivity contribution is -0.114. The predicted octanol–water partition coefficient (Wildman–Crippen LogP) is 6.12. The minimum absolute atomic E-state index is 0.00834. The summed E-state index contributed by atoms with van der Waals surface area (Å²) in [4.78, 5) is 11.6. The van der Waals surface area contributed by atoms with E-state index in [2.05, 4.69) is 15.5 Å². The molecule has 0 fully saturated rings. The lowest BCUT2D eigenvalue weighted by atomic mass is 10.0. The van der Waals surface area contributed by atoms with Gasteiger partial charge in [0.2, 0.25) is 5.91 Å². The first-order valence-corrected chi connectivity index (χ1v) is 10.4. The molecule has 0 aliphatic carbocycles. The Morgan fingerprint density at radius 1 is 0.848 bits per heavy atom. The summed E-state index contributed by atoms with van der Waals surface area (Å²) in [5, 5.41) is 42.6. The normalized spacial score (nSPS) is 11.2. The zero-order valence-corrected chi connectivity index (χ0v) is 18.0. The summed E-state index contributed by atoms with van der Waals surface area (Å²) < 4.78 is 0. The Bertz CT molecular complexity index is 1350. The number of phenols is 3. The average Bonchev–Trinajstić information content (AvgIpc) is 2.81. The molecule has 33 heavy (non-hydrogen) atoms. The molecule has 0 spiro atoms. The molecule has 4 N–H and O–H groups in total. The fraction of sp³-hybridized carbons (Fsp3) is 0.115. The van der Waals surface area contributed by atoms with Gasteiger partial charge in [0.05, 0.1) is 11.4 Å². The number of anilines is 1. The van der Waals surface area contributed by atoms with Crippen LogP contribution in [0.1, 0.15) is 18.1 Å². The lowest BCUT2D eigenvalue weighted by Crippen LogP contribution is -2.06. The summed E-state index contributed by atoms with van der Waals surface area (Å²) in [6.45, 7) is 1.42. The summed E-state index contributed by atoms with van der Waals surface area (Å²) >= 11 is 0. The van der Waals surface area contributed by atoms with Crippen molar-refractivity contribution in [3.05, 3.63) is 83.9 Å². The standard InChI is InChI=1S/C26H23N3O4/c1-16(30)27-23-15-24(26(33)22-5-3-2-4-21(22)23)29-28-19-10-7-17(8-11-19)6-9-18-14-20(31)12-13-25(18)32/h2-5,7-8,10-15,31-33H,6,9H2,1H3,(H,27,30). The fourth-order valence-electron chi connectivity index (χ4n) is 3.61. The second-order valence-electron chi connectivity index (χ2n) is 7.70. The number of rotatable bonds is 6. The van der Waals surface area contributed by atoms with Gasteiger partial charge in [-0.2, -0.15) is 5.11 Å². The van der Waals surface area contributed by atoms with E-state index in [0.29, 0.717) is 40.6 Å². The van der Waals surface area contributed by atoms with Crippen molar-refractivity contribution in [1.29, 1.82) is 0 Å². The Labute approximate surface area is 190 Å². The molecular weight excluding hydrogens is 418 g/mol. The highest BCUT2D eigenvalue weighted by Crippen LogP contribution is 2.40. The number of fused-ring (bicyclic) bond motifs is 1. The summed E-state index contributed by atoms with van der Waals surface area (Å²) in [5.41, 5.74) is 3.13. The van der Waals surface area contributed by atoms with Gasteiger partial charge in [0.15, 0.2) is 5.75 Å². The highest BCUT2D eigenvalue weighted by Gasteiger charge is 2.12. The van der Waals surface area contributed by atoms with Gasteiger partial charge in [0, 0.05) is 17.7 Å². The van der Waals surface area contributed by atoms with Gasteiger partial charge in [-0.05, 0) is 60.4 Å². The molecule has 166 valence electrons. The minimum atomic E-state index is -0.219. The predicted molar refractivity (Wildman–Crippen MR) is 128 cm³/mol. The van der Waals surface area contributed by atoms with Crippen molar-refractivity contribution in [3.8, 4) is 17.2 Å². The zero-order valence-electron chi connectivity index (χ0n) is 18.0. The maximum absolute atomic E-state index is 11.6. The third-order valence-corrected chi connectivity index (χ3v) is 5.26. The van der Waals surface area contributed by atoms with Crippen molar-refractivity contribution < 1.29 is 20.1 Å². The number of amides is 1. The molecule has 7 heteroatoms. The molecule has 0 saturated heterocycles. The number of nitrogens with one attached hydrogen (secondary N) is 1. The lowest BCUT2D eigenvalue weighted by Gasteiger charge is -2.10. The van der Waals surface area contributed by atoms with E-state index >= 15 is 0 Å². The summed E-state index contributed by atoms with van der Waals surface area (Å²) in [6, 6.07) is 20.7. The van der Waals surface area contributed by atoms with E-state index in [1.54, 1.807) is 24.3 Å². The van der Waals surface area contributed by atoms with E-state index in [4.69, 9.17) is 0 Å². The molecule has 7 nitrogen and oxygen atoms in total. The minimum Gasteiger partial charge on any atom is -0.508 e. The number of nitrogens with zero attached hydrogens (tertiary/aromatic N) is 2. The first-order chi connectivity index (χ1) is 15.9. The molecule has 0 unspecified atom stereocenters. The second kappa shape index (κ2) is 9.40. The van der Waals surface area contributed by atoms with Crippen LogP contribution in [-0.4, -0.2) is 21.2 Å². The van der Waals surface area contributed by atoms with Gasteiger partial charge in [-0.25, -0.2) is 0 Å². The number of carbonyl (C=O) groups excluding carboxylic acids is 1. The molecular formula is C26H23N3O4. The van der Waals surface area contributed by atoms with E-state index in [1.807, 2.05) is 36.4 Å². The Hall–Kier alpha value is -4.39. The summed E-state index contributed by atoms with van der Waals surface area (Å²) in [5.74, 6) is 0.0542. The van der Waals surface area contributed by atoms with Gasteiger partial charge in [-0.1, -0.05) is 36.4 Å². The summed E-state index contributed by atoms with van der Waals surface area (Å²) in [6.07, 6.45) is 1.26. The van der Waals surface area contributed by atoms with Crippen LogP contribution >= 0.6 is 0 Å².